The van der Waals surface area contributed by atoms with Crippen LogP contribution in [0, 0.1) is 13.8 Å². The number of carbonyl (C=O) groups is 3. The van der Waals surface area contributed by atoms with E-state index in [0.717, 1.165) is 0 Å². The van der Waals surface area contributed by atoms with Crippen LogP contribution in [0.15, 0.2) is 36.4 Å². The summed E-state index contributed by atoms with van der Waals surface area (Å²) in [5, 5.41) is 11.6. The standard InChI is InChI=1S/C22H26N2O5/c1-5-24(6-2)22(28)17-9-7-8-10-18(17)23-21(27)16-11-14(3)20(15(4)12-16)29-13-19(25)26/h7-12H,5-6,13H2,1-4H3,(H,23,27)(H,25,26). The maximum absolute atomic E-state index is 12.8. The molecule has 29 heavy (non-hydrogen) atoms. The van der Waals surface area contributed by atoms with Crippen LogP contribution in [-0.4, -0.2) is 47.5 Å². The van der Waals surface area contributed by atoms with Gasteiger partial charge in [0, 0.05) is 18.7 Å². The number of rotatable bonds is 8. The van der Waals surface area contributed by atoms with E-state index in [1.165, 1.54) is 0 Å². The minimum atomic E-state index is -1.07. The van der Waals surface area contributed by atoms with Crippen molar-refractivity contribution in [2.75, 3.05) is 25.0 Å². The number of benzene rings is 2. The number of amides is 2. The van der Waals surface area contributed by atoms with Crippen LogP contribution in [0.1, 0.15) is 45.7 Å². The Morgan fingerprint density at radius 1 is 1.03 bits per heavy atom. The van der Waals surface area contributed by atoms with Gasteiger partial charge < -0.3 is 20.1 Å². The summed E-state index contributed by atoms with van der Waals surface area (Å²) in [6.07, 6.45) is 0. The molecule has 2 rings (SSSR count). The number of carbonyl (C=O) groups excluding carboxylic acids is 2. The third-order valence-corrected chi connectivity index (χ3v) is 4.52. The van der Waals surface area contributed by atoms with Crippen molar-refractivity contribution in [3.63, 3.8) is 0 Å². The number of carboxylic acids is 1. The van der Waals surface area contributed by atoms with Gasteiger partial charge in [0.15, 0.2) is 6.61 Å². The molecule has 0 radical (unpaired) electrons. The van der Waals surface area contributed by atoms with Gasteiger partial charge in [-0.1, -0.05) is 12.1 Å². The Bertz CT molecular complexity index is 896. The third kappa shape index (κ3) is 5.34. The van der Waals surface area contributed by atoms with Crippen molar-refractivity contribution in [1.29, 1.82) is 0 Å². The average Bonchev–Trinajstić information content (AvgIpc) is 2.68. The molecule has 7 heteroatoms. The Labute approximate surface area is 170 Å². The highest BCUT2D eigenvalue weighted by Gasteiger charge is 2.19. The first-order chi connectivity index (χ1) is 13.8. The Kier molecular flexibility index (Phi) is 7.36. The number of carboxylic acid groups (broad SMARTS) is 1. The van der Waals surface area contributed by atoms with Crippen LogP contribution < -0.4 is 10.1 Å². The second kappa shape index (κ2) is 9.73. The fraction of sp³-hybridized carbons (Fsp3) is 0.318. The molecular weight excluding hydrogens is 372 g/mol. The predicted molar refractivity (Wildman–Crippen MR) is 111 cm³/mol. The number of nitrogens with zero attached hydrogens (tertiary/aromatic N) is 1. The summed E-state index contributed by atoms with van der Waals surface area (Å²) in [6, 6.07) is 10.2. The molecule has 0 bridgehead atoms. The molecule has 0 spiro atoms. The second-order valence-corrected chi connectivity index (χ2v) is 6.60. The molecule has 2 N–H and O–H groups in total. The van der Waals surface area contributed by atoms with E-state index in [1.54, 1.807) is 55.1 Å². The fourth-order valence-corrected chi connectivity index (χ4v) is 3.10. The van der Waals surface area contributed by atoms with Crippen molar-refractivity contribution in [2.45, 2.75) is 27.7 Å². The molecule has 0 unspecified atom stereocenters. The number of aryl methyl sites for hydroxylation is 2. The Balaban J connectivity index is 2.27. The monoisotopic (exact) mass is 398 g/mol. The number of hydrogen-bond donors (Lipinski definition) is 2. The second-order valence-electron chi connectivity index (χ2n) is 6.60. The number of aliphatic carboxylic acids is 1. The van der Waals surface area contributed by atoms with Gasteiger partial charge in [-0.15, -0.1) is 0 Å². The summed E-state index contributed by atoms with van der Waals surface area (Å²) < 4.78 is 5.30. The number of nitrogens with one attached hydrogen (secondary N) is 1. The summed E-state index contributed by atoms with van der Waals surface area (Å²) in [6.45, 7) is 8.01. The van der Waals surface area contributed by atoms with Gasteiger partial charge in [0.2, 0.25) is 0 Å². The quantitative estimate of drug-likeness (QED) is 0.709. The van der Waals surface area contributed by atoms with Gasteiger partial charge in [0.05, 0.1) is 11.3 Å². The van der Waals surface area contributed by atoms with Crippen molar-refractivity contribution in [1.82, 2.24) is 4.90 Å². The molecule has 2 aromatic carbocycles. The highest BCUT2D eigenvalue weighted by Crippen LogP contribution is 2.26. The van der Waals surface area contributed by atoms with Crippen molar-refractivity contribution in [3.8, 4) is 5.75 Å². The predicted octanol–water partition coefficient (Wildman–Crippen LogP) is 3.50. The number of anilines is 1. The summed E-state index contributed by atoms with van der Waals surface area (Å²) in [5.41, 5.74) is 2.58. The normalized spacial score (nSPS) is 10.3. The van der Waals surface area contributed by atoms with E-state index in [9.17, 15) is 14.4 Å². The third-order valence-electron chi connectivity index (χ3n) is 4.52. The van der Waals surface area contributed by atoms with Crippen LogP contribution >= 0.6 is 0 Å². The lowest BCUT2D eigenvalue weighted by Gasteiger charge is -2.20. The van der Waals surface area contributed by atoms with Gasteiger partial charge >= 0.3 is 5.97 Å². The van der Waals surface area contributed by atoms with Gasteiger partial charge in [-0.3, -0.25) is 9.59 Å². The maximum Gasteiger partial charge on any atom is 0.341 e. The molecule has 154 valence electrons. The van der Waals surface area contributed by atoms with E-state index in [-0.39, 0.29) is 11.8 Å². The molecule has 0 aliphatic carbocycles. The van der Waals surface area contributed by atoms with Crippen LogP contribution in [0.2, 0.25) is 0 Å². The SMILES string of the molecule is CCN(CC)C(=O)c1ccccc1NC(=O)c1cc(C)c(OCC(=O)O)c(C)c1. The smallest absolute Gasteiger partial charge is 0.341 e. The molecule has 0 aliphatic rings. The van der Waals surface area contributed by atoms with Gasteiger partial charge in [-0.25, -0.2) is 4.79 Å². The molecular formula is C22H26N2O5. The lowest BCUT2D eigenvalue weighted by atomic mass is 10.0. The fourth-order valence-electron chi connectivity index (χ4n) is 3.10. The van der Waals surface area contributed by atoms with Crippen LogP contribution in [0.5, 0.6) is 5.75 Å². The van der Waals surface area contributed by atoms with Gasteiger partial charge in [0.1, 0.15) is 5.75 Å². The van der Waals surface area contributed by atoms with Crippen LogP contribution in [0.3, 0.4) is 0 Å². The van der Waals surface area contributed by atoms with Gasteiger partial charge in [0.25, 0.3) is 11.8 Å². The van der Waals surface area contributed by atoms with E-state index < -0.39 is 12.6 Å². The van der Waals surface area contributed by atoms with Crippen molar-refractivity contribution in [2.24, 2.45) is 0 Å². The zero-order valence-corrected chi connectivity index (χ0v) is 17.1. The zero-order valence-electron chi connectivity index (χ0n) is 17.1. The first-order valence-electron chi connectivity index (χ1n) is 9.43. The molecule has 7 nitrogen and oxygen atoms in total. The highest BCUT2D eigenvalue weighted by atomic mass is 16.5. The van der Waals surface area contributed by atoms with E-state index in [4.69, 9.17) is 9.84 Å². The molecule has 2 amide bonds. The van der Waals surface area contributed by atoms with Crippen molar-refractivity contribution >= 4 is 23.5 Å². The van der Waals surface area contributed by atoms with Crippen molar-refractivity contribution in [3.05, 3.63) is 58.7 Å². The maximum atomic E-state index is 12.8. The van der Waals surface area contributed by atoms with Crippen LogP contribution in [-0.2, 0) is 4.79 Å². The molecule has 0 saturated carbocycles. The lowest BCUT2D eigenvalue weighted by molar-refractivity contribution is -0.139. The Morgan fingerprint density at radius 3 is 2.17 bits per heavy atom. The summed E-state index contributed by atoms with van der Waals surface area (Å²) in [4.78, 5) is 38.0. The number of para-hydroxylation sites is 1. The minimum absolute atomic E-state index is 0.143. The van der Waals surface area contributed by atoms with E-state index in [1.807, 2.05) is 13.8 Å². The molecule has 0 atom stereocenters. The zero-order chi connectivity index (χ0) is 21.6. The van der Waals surface area contributed by atoms with Crippen LogP contribution in [0.25, 0.3) is 0 Å². The number of hydrogen-bond acceptors (Lipinski definition) is 4. The van der Waals surface area contributed by atoms with Gasteiger partial charge in [-0.2, -0.15) is 0 Å². The molecule has 0 saturated heterocycles. The largest absolute Gasteiger partial charge is 0.481 e. The van der Waals surface area contributed by atoms with E-state index in [2.05, 4.69) is 5.32 Å². The summed E-state index contributed by atoms with van der Waals surface area (Å²) >= 11 is 0. The highest BCUT2D eigenvalue weighted by molar-refractivity contribution is 6.09. The Hall–Kier alpha value is -3.35. The molecule has 0 aromatic heterocycles. The summed E-state index contributed by atoms with van der Waals surface area (Å²) in [5.74, 6) is -1.13. The average molecular weight is 398 g/mol. The molecule has 0 fully saturated rings. The lowest BCUT2D eigenvalue weighted by Crippen LogP contribution is -2.31. The van der Waals surface area contributed by atoms with Crippen molar-refractivity contribution < 1.29 is 24.2 Å². The number of ether oxygens (including phenoxy) is 1. The van der Waals surface area contributed by atoms with E-state index in [0.29, 0.717) is 46.8 Å². The first kappa shape index (κ1) is 21.9. The van der Waals surface area contributed by atoms with Gasteiger partial charge in [-0.05, 0) is 63.1 Å². The molecule has 0 heterocycles. The molecule has 0 aliphatic heterocycles. The topological polar surface area (TPSA) is 95.9 Å². The molecule has 2 aromatic rings. The Morgan fingerprint density at radius 2 is 1.62 bits per heavy atom. The minimum Gasteiger partial charge on any atom is -0.481 e. The van der Waals surface area contributed by atoms with Crippen LogP contribution in [0.4, 0.5) is 5.69 Å². The first-order valence-corrected chi connectivity index (χ1v) is 9.43. The summed E-state index contributed by atoms with van der Waals surface area (Å²) in [7, 11) is 0. The van der Waals surface area contributed by atoms with E-state index >= 15 is 0 Å².